The number of rotatable bonds is 3. The molecule has 0 bridgehead atoms. The Bertz CT molecular complexity index is 506. The van der Waals surface area contributed by atoms with E-state index in [4.69, 9.17) is 0 Å². The fourth-order valence-corrected chi connectivity index (χ4v) is 1.92. The van der Waals surface area contributed by atoms with Gasteiger partial charge in [-0.15, -0.1) is 0 Å². The summed E-state index contributed by atoms with van der Waals surface area (Å²) in [5.41, 5.74) is 3.57. The number of pyridine rings is 1. The van der Waals surface area contributed by atoms with Gasteiger partial charge in [0.25, 0.3) is 0 Å². The number of anilines is 2. The molecule has 1 aromatic heterocycles. The van der Waals surface area contributed by atoms with Crippen molar-refractivity contribution in [3.05, 3.63) is 52.1 Å². The molecule has 1 aromatic carbocycles. The van der Waals surface area contributed by atoms with Crippen molar-refractivity contribution in [1.82, 2.24) is 4.98 Å². The molecule has 0 aliphatic rings. The lowest BCUT2D eigenvalue weighted by Crippen LogP contribution is -1.95. The third-order valence-electron chi connectivity index (χ3n) is 2.71. The summed E-state index contributed by atoms with van der Waals surface area (Å²) in [6, 6.07) is 10.4. The Hall–Kier alpha value is -1.35. The molecule has 17 heavy (non-hydrogen) atoms. The molecule has 0 unspecified atom stereocenters. The van der Waals surface area contributed by atoms with Crippen LogP contribution in [0.5, 0.6) is 0 Å². The van der Waals surface area contributed by atoms with Crippen LogP contribution in [0.25, 0.3) is 0 Å². The van der Waals surface area contributed by atoms with Crippen LogP contribution in [0.15, 0.2) is 41.0 Å². The molecule has 0 saturated carbocycles. The first kappa shape index (κ1) is 12.1. The highest BCUT2D eigenvalue weighted by Crippen LogP contribution is 2.26. The predicted molar refractivity (Wildman–Crippen MR) is 75.8 cm³/mol. The Morgan fingerprint density at radius 3 is 2.53 bits per heavy atom. The van der Waals surface area contributed by atoms with Gasteiger partial charge in [0.1, 0.15) is 5.82 Å². The maximum Gasteiger partial charge on any atom is 0.144 e. The standard InChI is InChI=1S/C14H15BrN2/c1-3-11-4-6-12(7-5-11)17-14-13(15)10(2)8-9-16-14/h4-9H,3H2,1-2H3,(H,16,17). The first-order valence-electron chi connectivity index (χ1n) is 5.67. The van der Waals surface area contributed by atoms with Gasteiger partial charge in [-0.1, -0.05) is 19.1 Å². The summed E-state index contributed by atoms with van der Waals surface area (Å²) in [7, 11) is 0. The molecule has 3 heteroatoms. The fourth-order valence-electron chi connectivity index (χ4n) is 1.59. The van der Waals surface area contributed by atoms with Crippen molar-refractivity contribution in [3.63, 3.8) is 0 Å². The number of aromatic nitrogens is 1. The van der Waals surface area contributed by atoms with Crippen LogP contribution in [0.1, 0.15) is 18.1 Å². The van der Waals surface area contributed by atoms with E-state index in [2.05, 4.69) is 64.3 Å². The zero-order chi connectivity index (χ0) is 12.3. The lowest BCUT2D eigenvalue weighted by atomic mass is 10.1. The Morgan fingerprint density at radius 1 is 1.18 bits per heavy atom. The first-order valence-corrected chi connectivity index (χ1v) is 6.47. The van der Waals surface area contributed by atoms with Gasteiger partial charge >= 0.3 is 0 Å². The number of nitrogens with zero attached hydrogens (tertiary/aromatic N) is 1. The van der Waals surface area contributed by atoms with E-state index >= 15 is 0 Å². The van der Waals surface area contributed by atoms with Crippen molar-refractivity contribution >= 4 is 27.4 Å². The van der Waals surface area contributed by atoms with Gasteiger partial charge in [-0.05, 0) is 58.6 Å². The van der Waals surface area contributed by atoms with Crippen LogP contribution < -0.4 is 5.32 Å². The minimum Gasteiger partial charge on any atom is -0.339 e. The second-order valence-corrected chi connectivity index (χ2v) is 4.76. The van der Waals surface area contributed by atoms with Gasteiger partial charge in [-0.3, -0.25) is 0 Å². The summed E-state index contributed by atoms with van der Waals surface area (Å²) in [6.07, 6.45) is 2.87. The van der Waals surface area contributed by atoms with Crippen molar-refractivity contribution in [1.29, 1.82) is 0 Å². The summed E-state index contributed by atoms with van der Waals surface area (Å²) < 4.78 is 1.01. The third-order valence-corrected chi connectivity index (χ3v) is 3.71. The maximum absolute atomic E-state index is 4.32. The second-order valence-electron chi connectivity index (χ2n) is 3.97. The molecular weight excluding hydrogens is 276 g/mol. The van der Waals surface area contributed by atoms with Crippen LogP contribution in [0.2, 0.25) is 0 Å². The molecule has 2 aromatic rings. The van der Waals surface area contributed by atoms with Crippen LogP contribution in [0.4, 0.5) is 11.5 Å². The average Bonchev–Trinajstić information content (AvgIpc) is 2.36. The quantitative estimate of drug-likeness (QED) is 0.903. The molecule has 0 fully saturated rings. The summed E-state index contributed by atoms with van der Waals surface area (Å²) in [6.45, 7) is 4.21. The molecule has 1 N–H and O–H groups in total. The molecule has 0 aliphatic carbocycles. The Labute approximate surface area is 110 Å². The minimum atomic E-state index is 0.856. The van der Waals surface area contributed by atoms with E-state index in [1.54, 1.807) is 0 Å². The highest BCUT2D eigenvalue weighted by Gasteiger charge is 2.03. The van der Waals surface area contributed by atoms with Gasteiger partial charge in [0.15, 0.2) is 0 Å². The fraction of sp³-hybridized carbons (Fsp3) is 0.214. The van der Waals surface area contributed by atoms with Crippen LogP contribution >= 0.6 is 15.9 Å². The maximum atomic E-state index is 4.32. The molecule has 0 radical (unpaired) electrons. The van der Waals surface area contributed by atoms with Gasteiger partial charge in [0, 0.05) is 11.9 Å². The molecule has 2 nitrogen and oxygen atoms in total. The molecule has 0 aliphatic heterocycles. The monoisotopic (exact) mass is 290 g/mol. The highest BCUT2D eigenvalue weighted by atomic mass is 79.9. The number of aryl methyl sites for hydroxylation is 2. The molecule has 88 valence electrons. The van der Waals surface area contributed by atoms with E-state index in [-0.39, 0.29) is 0 Å². The van der Waals surface area contributed by atoms with E-state index in [9.17, 15) is 0 Å². The van der Waals surface area contributed by atoms with Crippen molar-refractivity contribution < 1.29 is 0 Å². The summed E-state index contributed by atoms with van der Waals surface area (Å²) >= 11 is 3.54. The Balaban J connectivity index is 2.22. The molecule has 0 spiro atoms. The number of hydrogen-bond acceptors (Lipinski definition) is 2. The number of nitrogens with one attached hydrogen (secondary N) is 1. The smallest absolute Gasteiger partial charge is 0.144 e. The lowest BCUT2D eigenvalue weighted by molar-refractivity contribution is 1.14. The Kier molecular flexibility index (Phi) is 3.79. The van der Waals surface area contributed by atoms with Crippen LogP contribution in [0.3, 0.4) is 0 Å². The average molecular weight is 291 g/mol. The highest BCUT2D eigenvalue weighted by molar-refractivity contribution is 9.10. The zero-order valence-electron chi connectivity index (χ0n) is 10.00. The summed E-state index contributed by atoms with van der Waals surface area (Å²) in [4.78, 5) is 4.32. The van der Waals surface area contributed by atoms with E-state index in [0.717, 1.165) is 22.4 Å². The minimum absolute atomic E-state index is 0.856. The van der Waals surface area contributed by atoms with Crippen LogP contribution in [0, 0.1) is 6.92 Å². The topological polar surface area (TPSA) is 24.9 Å². The van der Waals surface area contributed by atoms with Crippen molar-refractivity contribution in [2.45, 2.75) is 20.3 Å². The first-order chi connectivity index (χ1) is 8.20. The van der Waals surface area contributed by atoms with Crippen molar-refractivity contribution in [2.24, 2.45) is 0 Å². The Morgan fingerprint density at radius 2 is 1.88 bits per heavy atom. The van der Waals surface area contributed by atoms with E-state index in [1.807, 2.05) is 12.3 Å². The molecule has 0 atom stereocenters. The number of halogens is 1. The van der Waals surface area contributed by atoms with E-state index in [0.29, 0.717) is 0 Å². The predicted octanol–water partition coefficient (Wildman–Crippen LogP) is 4.46. The van der Waals surface area contributed by atoms with Gasteiger partial charge < -0.3 is 5.32 Å². The lowest BCUT2D eigenvalue weighted by Gasteiger charge is -2.09. The zero-order valence-corrected chi connectivity index (χ0v) is 11.6. The second kappa shape index (κ2) is 5.32. The molecule has 0 saturated heterocycles. The number of benzene rings is 1. The van der Waals surface area contributed by atoms with Gasteiger partial charge in [0.2, 0.25) is 0 Å². The summed E-state index contributed by atoms with van der Waals surface area (Å²) in [5.74, 6) is 0.856. The van der Waals surface area contributed by atoms with Crippen molar-refractivity contribution in [3.8, 4) is 0 Å². The van der Waals surface area contributed by atoms with Crippen LogP contribution in [-0.4, -0.2) is 4.98 Å². The van der Waals surface area contributed by atoms with Gasteiger partial charge in [-0.25, -0.2) is 4.98 Å². The summed E-state index contributed by atoms with van der Waals surface area (Å²) in [5, 5.41) is 3.31. The van der Waals surface area contributed by atoms with Gasteiger partial charge in [0.05, 0.1) is 4.47 Å². The molecule has 0 amide bonds. The molecular formula is C14H15BrN2. The SMILES string of the molecule is CCc1ccc(Nc2nccc(C)c2Br)cc1. The van der Waals surface area contributed by atoms with Gasteiger partial charge in [-0.2, -0.15) is 0 Å². The molecule has 2 rings (SSSR count). The largest absolute Gasteiger partial charge is 0.339 e. The van der Waals surface area contributed by atoms with E-state index in [1.165, 1.54) is 11.1 Å². The van der Waals surface area contributed by atoms with E-state index < -0.39 is 0 Å². The third kappa shape index (κ3) is 2.86. The number of hydrogen-bond donors (Lipinski definition) is 1. The van der Waals surface area contributed by atoms with Crippen LogP contribution in [-0.2, 0) is 6.42 Å². The molecule has 1 heterocycles. The van der Waals surface area contributed by atoms with Crippen molar-refractivity contribution in [2.75, 3.05) is 5.32 Å². The normalized spacial score (nSPS) is 10.3.